The van der Waals surface area contributed by atoms with E-state index >= 15 is 0 Å². The summed E-state index contributed by atoms with van der Waals surface area (Å²) >= 11 is -3.00. The molecule has 56 heavy (non-hydrogen) atoms. The Morgan fingerprint density at radius 3 is 1.23 bits per heavy atom. The first-order chi connectivity index (χ1) is 26.3. The normalized spacial score (nSPS) is 14.7. The summed E-state index contributed by atoms with van der Waals surface area (Å²) < 4.78 is 3.62. The Kier molecular flexibility index (Phi) is 9.64. The van der Waals surface area contributed by atoms with Crippen molar-refractivity contribution in [1.82, 2.24) is 0 Å². The van der Waals surface area contributed by atoms with Crippen molar-refractivity contribution < 1.29 is 21.3 Å². The van der Waals surface area contributed by atoms with Crippen LogP contribution in [0.25, 0.3) is 32.7 Å². The van der Waals surface area contributed by atoms with Crippen LogP contribution >= 0.6 is 0 Å². The van der Waals surface area contributed by atoms with Gasteiger partial charge in [0.15, 0.2) is 0 Å². The average Bonchev–Trinajstić information content (AvgIpc) is 3.77. The second-order valence-corrected chi connectivity index (χ2v) is 26.9. The number of benzene rings is 6. The van der Waals surface area contributed by atoms with E-state index in [4.69, 9.17) is 0 Å². The van der Waals surface area contributed by atoms with Gasteiger partial charge in [0, 0.05) is 0 Å². The molecule has 0 N–H and O–H groups in total. The zero-order chi connectivity index (χ0) is 39.9. The molecule has 0 spiro atoms. The molecule has 0 fully saturated rings. The van der Waals surface area contributed by atoms with Gasteiger partial charge >= 0.3 is 347 Å². The summed E-state index contributed by atoms with van der Waals surface area (Å²) in [4.78, 5) is 0. The van der Waals surface area contributed by atoms with Gasteiger partial charge in [-0.1, -0.05) is 0 Å². The van der Waals surface area contributed by atoms with Crippen LogP contribution in [0.1, 0.15) is 138 Å². The molecule has 0 atom stereocenters. The fourth-order valence-corrected chi connectivity index (χ4v) is 18.4. The maximum atomic E-state index is 2.70. The van der Waals surface area contributed by atoms with E-state index in [0.29, 0.717) is 3.63 Å². The molecule has 0 radical (unpaired) electrons. The van der Waals surface area contributed by atoms with Gasteiger partial charge in [0.1, 0.15) is 0 Å². The molecule has 0 saturated heterocycles. The molecular weight excluding hydrogens is 752 g/mol. The number of hydrogen-bond acceptors (Lipinski definition) is 0. The molecule has 2 aliphatic rings. The number of rotatable bonds is 4. The zero-order valence-electron chi connectivity index (χ0n) is 35.9. The molecule has 6 aromatic carbocycles. The Labute approximate surface area is 344 Å². The van der Waals surface area contributed by atoms with Crippen molar-refractivity contribution in [2.75, 3.05) is 0 Å². The molecule has 1 heteroatoms. The van der Waals surface area contributed by atoms with Gasteiger partial charge in [0.2, 0.25) is 0 Å². The molecule has 0 bridgehead atoms. The Morgan fingerprint density at radius 1 is 0.464 bits per heavy atom. The molecule has 0 unspecified atom stereocenters. The molecule has 0 aromatic heterocycles. The maximum absolute atomic E-state index is 3.00. The summed E-state index contributed by atoms with van der Waals surface area (Å²) in [7, 11) is 0. The van der Waals surface area contributed by atoms with E-state index in [9.17, 15) is 0 Å². The van der Waals surface area contributed by atoms with E-state index in [2.05, 4.69) is 211 Å². The van der Waals surface area contributed by atoms with E-state index in [1.807, 2.05) is 0 Å². The topological polar surface area (TPSA) is 0 Å². The van der Waals surface area contributed by atoms with Gasteiger partial charge < -0.3 is 0 Å². The summed E-state index contributed by atoms with van der Waals surface area (Å²) in [5.74, 6) is 0. The molecular formula is C55H60Zr. The van der Waals surface area contributed by atoms with E-state index in [1.54, 1.807) is 17.6 Å². The third-order valence-electron chi connectivity index (χ3n) is 12.3. The molecule has 0 aliphatic heterocycles. The second kappa shape index (κ2) is 13.9. The first-order valence-corrected chi connectivity index (χ1v) is 24.7. The molecule has 2 aliphatic carbocycles. The van der Waals surface area contributed by atoms with Crippen LogP contribution in [0.5, 0.6) is 0 Å². The first kappa shape index (κ1) is 38.9. The van der Waals surface area contributed by atoms with Gasteiger partial charge in [-0.25, -0.2) is 0 Å². The number of hydrogen-bond donors (Lipinski definition) is 0. The summed E-state index contributed by atoms with van der Waals surface area (Å²) in [6.07, 6.45) is 8.32. The Bertz CT molecular complexity index is 2470. The summed E-state index contributed by atoms with van der Waals surface area (Å²) in [5, 5.41) is 5.22. The Balaban J connectivity index is 1.57. The molecule has 284 valence electrons. The minimum absolute atomic E-state index is 0.00501. The van der Waals surface area contributed by atoms with Crippen molar-refractivity contribution >= 4 is 24.8 Å². The van der Waals surface area contributed by atoms with Crippen molar-refractivity contribution in [3.8, 4) is 11.1 Å². The van der Waals surface area contributed by atoms with Gasteiger partial charge in [-0.15, -0.1) is 0 Å². The van der Waals surface area contributed by atoms with Gasteiger partial charge in [0.05, 0.1) is 0 Å². The SMILES string of the molecule is CC(C)(C)c1cc2c(cc1C(C)(C)C)[CH]([Zr]([C]1=CC=CC1)=[C](c1ccc3ccccc3c1)c1ccc3ccccc3c1)c1cc(C(C)(C)C)c(C(C)(C)C)cc1-2. The van der Waals surface area contributed by atoms with Gasteiger partial charge in [-0.2, -0.15) is 0 Å². The Morgan fingerprint density at radius 2 is 0.857 bits per heavy atom. The van der Waals surface area contributed by atoms with Crippen molar-refractivity contribution in [2.24, 2.45) is 0 Å². The summed E-state index contributed by atoms with van der Waals surface area (Å²) in [6.45, 7) is 28.9. The van der Waals surface area contributed by atoms with E-state index in [-0.39, 0.29) is 21.7 Å². The molecule has 8 rings (SSSR count). The van der Waals surface area contributed by atoms with Crippen LogP contribution in [0.2, 0.25) is 0 Å². The van der Waals surface area contributed by atoms with Crippen LogP contribution in [0.4, 0.5) is 0 Å². The predicted octanol–water partition coefficient (Wildman–Crippen LogP) is 15.0. The fraction of sp³-hybridized carbons (Fsp3) is 0.327. The van der Waals surface area contributed by atoms with E-state index in [1.165, 1.54) is 66.1 Å². The van der Waals surface area contributed by atoms with Gasteiger partial charge in [-0.05, 0) is 0 Å². The Hall–Kier alpha value is -3.93. The van der Waals surface area contributed by atoms with Crippen LogP contribution < -0.4 is 0 Å². The van der Waals surface area contributed by atoms with Crippen molar-refractivity contribution in [3.05, 3.63) is 175 Å². The van der Waals surface area contributed by atoms with Crippen molar-refractivity contribution in [1.29, 1.82) is 0 Å². The zero-order valence-corrected chi connectivity index (χ0v) is 38.4. The first-order valence-electron chi connectivity index (χ1n) is 20.8. The summed E-state index contributed by atoms with van der Waals surface area (Å²) in [6, 6.07) is 43.1. The second-order valence-electron chi connectivity index (χ2n) is 20.6. The minimum atomic E-state index is -3.00. The molecule has 0 heterocycles. The van der Waals surface area contributed by atoms with E-state index in [0.717, 1.165) is 6.42 Å². The van der Waals surface area contributed by atoms with Crippen LogP contribution in [0.15, 0.2) is 131 Å². The van der Waals surface area contributed by atoms with Crippen molar-refractivity contribution in [3.63, 3.8) is 0 Å². The molecule has 0 amide bonds. The van der Waals surface area contributed by atoms with Crippen LogP contribution in [0, 0.1) is 0 Å². The van der Waals surface area contributed by atoms with Gasteiger partial charge in [0.25, 0.3) is 0 Å². The standard InChI is InChI=1S/C29H41.C21H14.C5H5.Zr/c1-26(2,3)22-14-18-13-19-15-23(27(4,5)6)25(29(10,11)12)17-21(19)20(18)16-24(22)28(7,8)9;1-3-7-20-14-16(9-11-18(20)5-1)13-17-10-12-19-6-2-4-8-21(19)15-17;1-2-4-5-3-1;/h13-17H,1-12H3;1-12,14-15H;1-3H,4H2;. The monoisotopic (exact) mass is 810 g/mol. The predicted molar refractivity (Wildman–Crippen MR) is 241 cm³/mol. The molecule has 0 saturated carbocycles. The molecule has 0 nitrogen and oxygen atoms in total. The average molecular weight is 812 g/mol. The quantitative estimate of drug-likeness (QED) is 0.166. The molecule has 6 aromatic rings. The number of fused-ring (bicyclic) bond motifs is 5. The van der Waals surface area contributed by atoms with Crippen molar-refractivity contribution in [2.45, 2.75) is 115 Å². The third kappa shape index (κ3) is 7.02. The van der Waals surface area contributed by atoms with Crippen LogP contribution in [0.3, 0.4) is 0 Å². The van der Waals surface area contributed by atoms with Crippen LogP contribution in [-0.2, 0) is 42.9 Å². The van der Waals surface area contributed by atoms with E-state index < -0.39 is 21.3 Å². The summed E-state index contributed by atoms with van der Waals surface area (Å²) in [5.41, 5.74) is 14.8. The fourth-order valence-electron chi connectivity index (χ4n) is 9.44. The van der Waals surface area contributed by atoms with Crippen LogP contribution in [-0.4, -0.2) is 3.21 Å². The third-order valence-corrected chi connectivity index (χ3v) is 20.6. The van der Waals surface area contributed by atoms with Gasteiger partial charge in [-0.3, -0.25) is 0 Å². The number of allylic oxidation sites excluding steroid dienone is 4.